The molecule has 0 radical (unpaired) electrons. The lowest BCUT2D eigenvalue weighted by Crippen LogP contribution is -3.15. The summed E-state index contributed by atoms with van der Waals surface area (Å²) in [7, 11) is 2.40. The molecule has 2 heterocycles. The number of piperazine rings is 1. The minimum atomic E-state index is 1.13. The van der Waals surface area contributed by atoms with Crippen molar-refractivity contribution in [1.29, 1.82) is 0 Å². The Bertz CT molecular complexity index is 377. The minimum Gasteiger partial charge on any atom is -0.322 e. The molecule has 0 bridgehead atoms. The molecule has 1 aromatic heterocycles. The summed E-state index contributed by atoms with van der Waals surface area (Å²) >= 11 is 0. The zero-order valence-electron chi connectivity index (χ0n) is 12.9. The van der Waals surface area contributed by atoms with Gasteiger partial charge >= 0.3 is 0 Å². The topological polar surface area (TPSA) is 13.2 Å². The maximum Gasteiger partial charge on any atom is 0.243 e. The normalized spacial score (nSPS) is 27.6. The van der Waals surface area contributed by atoms with Crippen LogP contribution in [-0.2, 0) is 13.1 Å². The summed E-state index contributed by atoms with van der Waals surface area (Å²) < 4.78 is 5.89. The Hall–Kier alpha value is -0.870. The fraction of sp³-hybridized carbons (Fsp3) is 0.800. The van der Waals surface area contributed by atoms with Crippen molar-refractivity contribution < 1.29 is 14.0 Å². The first-order valence-corrected chi connectivity index (χ1v) is 7.87. The molecule has 1 aliphatic rings. The van der Waals surface area contributed by atoms with Crippen molar-refractivity contribution in [2.75, 3.05) is 46.3 Å². The summed E-state index contributed by atoms with van der Waals surface area (Å²) in [6.07, 6.45) is 7.87. The van der Waals surface area contributed by atoms with Crippen molar-refractivity contribution in [2.45, 2.75) is 33.4 Å². The standard InChI is InChI=1S/C15H30N4/c1-4-6-17-9-10-18(15-17)8-7-16-11-13-19(3,5-2)14-12-16/h9-10,15H,4-8,11-14H2,1-3H3/q+2/p+1. The molecule has 1 fully saturated rings. The number of aromatic nitrogens is 2. The molecule has 0 unspecified atom stereocenters. The van der Waals surface area contributed by atoms with Gasteiger partial charge in [-0.3, -0.25) is 0 Å². The van der Waals surface area contributed by atoms with E-state index in [0.29, 0.717) is 0 Å². The van der Waals surface area contributed by atoms with Gasteiger partial charge < -0.3 is 9.38 Å². The summed E-state index contributed by atoms with van der Waals surface area (Å²) in [5.41, 5.74) is 0. The Kier molecular flexibility index (Phi) is 4.99. The van der Waals surface area contributed by atoms with Gasteiger partial charge in [-0.15, -0.1) is 0 Å². The van der Waals surface area contributed by atoms with E-state index in [1.807, 2.05) is 0 Å². The third-order valence-electron chi connectivity index (χ3n) is 4.73. The van der Waals surface area contributed by atoms with E-state index in [1.54, 1.807) is 4.90 Å². The number of hydrogen-bond acceptors (Lipinski definition) is 0. The van der Waals surface area contributed by atoms with Crippen molar-refractivity contribution in [3.8, 4) is 0 Å². The fourth-order valence-electron chi connectivity index (χ4n) is 2.91. The van der Waals surface area contributed by atoms with Gasteiger partial charge in [0.2, 0.25) is 6.33 Å². The second kappa shape index (κ2) is 6.53. The average Bonchev–Trinajstić information content (AvgIpc) is 2.87. The molecule has 0 aliphatic carbocycles. The summed E-state index contributed by atoms with van der Waals surface area (Å²) in [6.45, 7) is 14.7. The number of likely N-dealkylation sites (N-methyl/N-ethyl adjacent to an activating group) is 1. The highest BCUT2D eigenvalue weighted by Crippen LogP contribution is 2.00. The lowest BCUT2D eigenvalue weighted by molar-refractivity contribution is -1.01. The van der Waals surface area contributed by atoms with Gasteiger partial charge in [0.25, 0.3) is 0 Å². The first-order valence-electron chi connectivity index (χ1n) is 7.87. The quantitative estimate of drug-likeness (QED) is 0.530. The predicted molar refractivity (Wildman–Crippen MR) is 76.9 cm³/mol. The first kappa shape index (κ1) is 14.5. The van der Waals surface area contributed by atoms with E-state index in [-0.39, 0.29) is 0 Å². The zero-order valence-corrected chi connectivity index (χ0v) is 12.9. The van der Waals surface area contributed by atoms with Crippen molar-refractivity contribution in [1.82, 2.24) is 4.57 Å². The van der Waals surface area contributed by atoms with Crippen LogP contribution in [0, 0.1) is 0 Å². The van der Waals surface area contributed by atoms with Crippen molar-refractivity contribution in [2.24, 2.45) is 0 Å². The van der Waals surface area contributed by atoms with Crippen LogP contribution in [-0.4, -0.2) is 55.4 Å². The number of quaternary nitrogens is 2. The summed E-state index contributed by atoms with van der Waals surface area (Å²) in [4.78, 5) is 1.78. The van der Waals surface area contributed by atoms with Gasteiger partial charge in [0.1, 0.15) is 51.7 Å². The van der Waals surface area contributed by atoms with E-state index >= 15 is 0 Å². The van der Waals surface area contributed by atoms with Crippen LogP contribution in [0.5, 0.6) is 0 Å². The predicted octanol–water partition coefficient (Wildman–Crippen LogP) is -0.449. The molecular formula is C15H31N4+3. The Morgan fingerprint density at radius 1 is 1.26 bits per heavy atom. The molecule has 0 spiro atoms. The maximum atomic E-state index is 2.40. The van der Waals surface area contributed by atoms with Crippen molar-refractivity contribution in [3.05, 3.63) is 18.7 Å². The van der Waals surface area contributed by atoms with E-state index in [1.165, 1.54) is 50.2 Å². The Morgan fingerprint density at radius 2 is 2.00 bits per heavy atom. The number of imidazole rings is 1. The van der Waals surface area contributed by atoms with Crippen molar-refractivity contribution >= 4 is 0 Å². The van der Waals surface area contributed by atoms with Gasteiger partial charge in [-0.1, -0.05) is 6.92 Å². The maximum absolute atomic E-state index is 2.40. The highest BCUT2D eigenvalue weighted by atomic mass is 15.4. The molecule has 4 heteroatoms. The van der Waals surface area contributed by atoms with E-state index in [9.17, 15) is 0 Å². The number of rotatable bonds is 6. The summed E-state index contributed by atoms with van der Waals surface area (Å²) in [5.74, 6) is 0. The van der Waals surface area contributed by atoms with Gasteiger partial charge in [-0.2, -0.15) is 0 Å². The highest BCUT2D eigenvalue weighted by Gasteiger charge is 2.29. The summed E-state index contributed by atoms with van der Waals surface area (Å²) in [6, 6.07) is 0. The molecule has 0 saturated carbocycles. The van der Waals surface area contributed by atoms with E-state index in [0.717, 1.165) is 13.1 Å². The molecule has 0 amide bonds. The molecular weight excluding hydrogens is 236 g/mol. The third kappa shape index (κ3) is 4.05. The van der Waals surface area contributed by atoms with E-state index in [4.69, 9.17) is 0 Å². The first-order chi connectivity index (χ1) is 9.15. The number of nitrogens with zero attached hydrogens (tertiary/aromatic N) is 3. The molecule has 1 aliphatic heterocycles. The molecule has 1 aromatic rings. The van der Waals surface area contributed by atoms with Gasteiger partial charge in [0, 0.05) is 0 Å². The van der Waals surface area contributed by atoms with Crippen LogP contribution in [0.2, 0.25) is 0 Å². The van der Waals surface area contributed by atoms with Crippen LogP contribution in [0.25, 0.3) is 0 Å². The molecule has 19 heavy (non-hydrogen) atoms. The fourth-order valence-corrected chi connectivity index (χ4v) is 2.91. The SMILES string of the molecule is CCC[n+]1ccn(CC[NH+]2CC[N+](C)(CC)CC2)c1. The van der Waals surface area contributed by atoms with Crippen LogP contribution < -0.4 is 9.47 Å². The molecule has 0 atom stereocenters. The average molecular weight is 267 g/mol. The van der Waals surface area contributed by atoms with E-state index < -0.39 is 0 Å². The van der Waals surface area contributed by atoms with Crippen LogP contribution in [0.1, 0.15) is 20.3 Å². The number of hydrogen-bond donors (Lipinski definition) is 1. The Balaban J connectivity index is 1.74. The molecule has 108 valence electrons. The van der Waals surface area contributed by atoms with Gasteiger partial charge in [-0.25, -0.2) is 9.13 Å². The molecule has 2 rings (SSSR count). The van der Waals surface area contributed by atoms with Crippen molar-refractivity contribution in [3.63, 3.8) is 0 Å². The van der Waals surface area contributed by atoms with Gasteiger partial charge in [0.15, 0.2) is 0 Å². The molecule has 0 aromatic carbocycles. The lowest BCUT2D eigenvalue weighted by Gasteiger charge is -2.39. The zero-order chi connectivity index (χ0) is 13.7. The molecule has 4 nitrogen and oxygen atoms in total. The van der Waals surface area contributed by atoms with Crippen LogP contribution in [0.4, 0.5) is 0 Å². The van der Waals surface area contributed by atoms with Crippen LogP contribution in [0.15, 0.2) is 18.7 Å². The Labute approximate surface area is 117 Å². The lowest BCUT2D eigenvalue weighted by atomic mass is 10.2. The third-order valence-corrected chi connectivity index (χ3v) is 4.73. The number of nitrogens with one attached hydrogen (secondary N) is 1. The minimum absolute atomic E-state index is 1.13. The largest absolute Gasteiger partial charge is 0.322 e. The van der Waals surface area contributed by atoms with E-state index in [2.05, 4.69) is 48.8 Å². The monoisotopic (exact) mass is 267 g/mol. The second-order valence-electron chi connectivity index (χ2n) is 6.27. The molecule has 1 saturated heterocycles. The highest BCUT2D eigenvalue weighted by molar-refractivity contribution is 4.65. The second-order valence-corrected chi connectivity index (χ2v) is 6.27. The number of aryl methyl sites for hydroxylation is 1. The smallest absolute Gasteiger partial charge is 0.243 e. The van der Waals surface area contributed by atoms with Gasteiger partial charge in [-0.05, 0) is 13.3 Å². The molecule has 1 N–H and O–H groups in total. The Morgan fingerprint density at radius 3 is 2.63 bits per heavy atom. The van der Waals surface area contributed by atoms with Crippen LogP contribution >= 0.6 is 0 Å². The van der Waals surface area contributed by atoms with Gasteiger partial charge in [0.05, 0.1) is 20.1 Å². The van der Waals surface area contributed by atoms with Crippen LogP contribution in [0.3, 0.4) is 0 Å². The summed E-state index contributed by atoms with van der Waals surface area (Å²) in [5, 5.41) is 0.